The molecule has 0 radical (unpaired) electrons. The van der Waals surface area contributed by atoms with Crippen molar-refractivity contribution in [1.29, 1.82) is 0 Å². The Labute approximate surface area is 121 Å². The number of H-pyrrole nitrogens is 1. The van der Waals surface area contributed by atoms with E-state index in [1.54, 1.807) is 13.0 Å². The molecule has 0 saturated carbocycles. The van der Waals surface area contributed by atoms with Crippen LogP contribution in [0.2, 0.25) is 0 Å². The fourth-order valence-electron chi connectivity index (χ4n) is 1.62. The second-order valence-corrected chi connectivity index (χ2v) is 5.06. The lowest BCUT2D eigenvalue weighted by Gasteiger charge is -1.98. The van der Waals surface area contributed by atoms with Gasteiger partial charge in [-0.2, -0.15) is 9.61 Å². The number of thioether (sulfide) groups is 1. The normalized spacial score (nSPS) is 11.1. The Kier molecular flexibility index (Phi) is 3.22. The Hall–Kier alpha value is -2.62. The number of hydrogen-bond acceptors (Lipinski definition) is 7. The average Bonchev–Trinajstić information content (AvgIpc) is 3.04. The highest BCUT2D eigenvalue weighted by atomic mass is 32.2. The van der Waals surface area contributed by atoms with Crippen LogP contribution in [0.1, 0.15) is 22.0 Å². The van der Waals surface area contributed by atoms with E-state index in [0.29, 0.717) is 22.4 Å². The molecule has 0 saturated heterocycles. The molecule has 3 heterocycles. The molecule has 0 amide bonds. The number of nitrogens with zero attached hydrogens (tertiary/aromatic N) is 4. The van der Waals surface area contributed by atoms with Gasteiger partial charge in [0, 0.05) is 0 Å². The maximum Gasteiger partial charge on any atom is 0.371 e. The highest BCUT2D eigenvalue weighted by molar-refractivity contribution is 7.98. The number of carbonyl (C=O) groups is 1. The molecule has 9 nitrogen and oxygen atoms in total. The minimum Gasteiger partial charge on any atom is -0.475 e. The highest BCUT2D eigenvalue weighted by Gasteiger charge is 2.13. The molecule has 0 unspecified atom stereocenters. The predicted octanol–water partition coefficient (Wildman–Crippen LogP) is 0.705. The van der Waals surface area contributed by atoms with Gasteiger partial charge in [0.1, 0.15) is 11.5 Å². The monoisotopic (exact) mass is 307 g/mol. The molecular weight excluding hydrogens is 298 g/mol. The van der Waals surface area contributed by atoms with Crippen molar-refractivity contribution >= 4 is 23.5 Å². The van der Waals surface area contributed by atoms with Gasteiger partial charge in [-0.25, -0.2) is 4.79 Å². The van der Waals surface area contributed by atoms with Crippen molar-refractivity contribution in [3.05, 3.63) is 39.7 Å². The van der Waals surface area contributed by atoms with Crippen LogP contribution < -0.4 is 5.56 Å². The number of aromatic nitrogens is 5. The number of aromatic carboxylic acids is 1. The third-order valence-corrected chi connectivity index (χ3v) is 3.57. The van der Waals surface area contributed by atoms with E-state index in [4.69, 9.17) is 9.52 Å². The predicted molar refractivity (Wildman–Crippen MR) is 71.4 cm³/mol. The van der Waals surface area contributed by atoms with E-state index in [2.05, 4.69) is 20.3 Å². The van der Waals surface area contributed by atoms with Crippen LogP contribution in [-0.2, 0) is 5.75 Å². The van der Waals surface area contributed by atoms with Gasteiger partial charge in [-0.1, -0.05) is 11.8 Å². The van der Waals surface area contributed by atoms with Crippen molar-refractivity contribution in [1.82, 2.24) is 24.8 Å². The van der Waals surface area contributed by atoms with Crippen LogP contribution >= 0.6 is 11.8 Å². The first-order valence-electron chi connectivity index (χ1n) is 5.82. The highest BCUT2D eigenvalue weighted by Crippen LogP contribution is 2.21. The van der Waals surface area contributed by atoms with Crippen molar-refractivity contribution in [2.24, 2.45) is 0 Å². The van der Waals surface area contributed by atoms with Crippen LogP contribution in [0.3, 0.4) is 0 Å². The Balaban J connectivity index is 1.83. The number of aryl methyl sites for hydroxylation is 1. The summed E-state index contributed by atoms with van der Waals surface area (Å²) in [4.78, 5) is 24.7. The lowest BCUT2D eigenvalue weighted by atomic mass is 10.4. The third kappa shape index (κ3) is 2.52. The van der Waals surface area contributed by atoms with E-state index in [0.717, 1.165) is 0 Å². The molecule has 3 aromatic heterocycles. The largest absolute Gasteiger partial charge is 0.475 e. The van der Waals surface area contributed by atoms with Crippen LogP contribution in [0, 0.1) is 6.92 Å². The quantitative estimate of drug-likeness (QED) is 0.674. The number of fused-ring (bicyclic) bond motifs is 1. The molecule has 0 fully saturated rings. The maximum absolute atomic E-state index is 11.4. The minimum atomic E-state index is -1.12. The maximum atomic E-state index is 11.4. The van der Waals surface area contributed by atoms with Crippen molar-refractivity contribution in [3.63, 3.8) is 0 Å². The summed E-state index contributed by atoms with van der Waals surface area (Å²) in [6.07, 6.45) is 0. The standard InChI is InChI=1S/C11H9N5O4S/c1-5-8(17)12-10-13-14-11(16(10)15-5)21-4-6-2-3-7(20-6)9(18)19/h2-3H,4H2,1H3,(H,18,19)(H,12,13,17). The number of carboxylic acids is 1. The summed E-state index contributed by atoms with van der Waals surface area (Å²) in [7, 11) is 0. The first kappa shape index (κ1) is 13.4. The fourth-order valence-corrected chi connectivity index (χ4v) is 2.39. The fraction of sp³-hybridized carbons (Fsp3) is 0.182. The van der Waals surface area contributed by atoms with Gasteiger partial charge < -0.3 is 9.52 Å². The third-order valence-electron chi connectivity index (χ3n) is 2.63. The number of nitrogens with one attached hydrogen (secondary N) is 1. The van der Waals surface area contributed by atoms with E-state index in [-0.39, 0.29) is 17.1 Å². The van der Waals surface area contributed by atoms with E-state index in [1.807, 2.05) is 0 Å². The van der Waals surface area contributed by atoms with Gasteiger partial charge in [-0.3, -0.25) is 9.78 Å². The van der Waals surface area contributed by atoms with Crippen LogP contribution in [0.5, 0.6) is 0 Å². The Morgan fingerprint density at radius 2 is 2.29 bits per heavy atom. The lowest BCUT2D eigenvalue weighted by molar-refractivity contribution is 0.0661. The van der Waals surface area contributed by atoms with Crippen LogP contribution in [-0.4, -0.2) is 35.9 Å². The number of aromatic amines is 1. The van der Waals surface area contributed by atoms with Gasteiger partial charge in [-0.15, -0.1) is 10.2 Å². The van der Waals surface area contributed by atoms with Crippen molar-refractivity contribution in [2.75, 3.05) is 0 Å². The second kappa shape index (κ2) is 5.05. The summed E-state index contributed by atoms with van der Waals surface area (Å²) >= 11 is 1.27. The Bertz CT molecular complexity index is 880. The zero-order valence-electron chi connectivity index (χ0n) is 10.7. The molecule has 0 aliphatic carbocycles. The van der Waals surface area contributed by atoms with E-state index >= 15 is 0 Å². The second-order valence-electron chi connectivity index (χ2n) is 4.12. The average molecular weight is 307 g/mol. The molecule has 3 aromatic rings. The van der Waals surface area contributed by atoms with Crippen LogP contribution in [0.4, 0.5) is 0 Å². The first-order valence-corrected chi connectivity index (χ1v) is 6.80. The summed E-state index contributed by atoms with van der Waals surface area (Å²) < 4.78 is 6.56. The number of carboxylic acid groups (broad SMARTS) is 1. The molecule has 21 heavy (non-hydrogen) atoms. The molecule has 0 aromatic carbocycles. The van der Waals surface area contributed by atoms with Crippen molar-refractivity contribution in [3.8, 4) is 0 Å². The van der Waals surface area contributed by atoms with Crippen LogP contribution in [0.25, 0.3) is 5.78 Å². The molecule has 0 aliphatic rings. The van der Waals surface area contributed by atoms with Gasteiger partial charge >= 0.3 is 5.97 Å². The summed E-state index contributed by atoms with van der Waals surface area (Å²) in [6, 6.07) is 2.97. The van der Waals surface area contributed by atoms with Crippen molar-refractivity contribution < 1.29 is 14.3 Å². The van der Waals surface area contributed by atoms with Gasteiger partial charge in [0.2, 0.25) is 10.9 Å². The zero-order valence-corrected chi connectivity index (χ0v) is 11.5. The number of rotatable bonds is 4. The molecule has 0 atom stereocenters. The topological polar surface area (TPSA) is 126 Å². The molecule has 10 heteroatoms. The first-order chi connectivity index (χ1) is 10.0. The number of furan rings is 1. The van der Waals surface area contributed by atoms with Gasteiger partial charge in [0.15, 0.2) is 0 Å². The SMILES string of the molecule is Cc1nn2c(SCc3ccc(C(=O)O)o3)nnc2[nH]c1=O. The van der Waals surface area contributed by atoms with Gasteiger partial charge in [0.05, 0.1) is 5.75 Å². The van der Waals surface area contributed by atoms with E-state index < -0.39 is 5.97 Å². The molecular formula is C11H9N5O4S. The molecule has 0 bridgehead atoms. The summed E-state index contributed by atoms with van der Waals surface area (Å²) in [5.41, 5.74) is -0.0149. The minimum absolute atomic E-state index is 0.116. The van der Waals surface area contributed by atoms with E-state index in [9.17, 15) is 9.59 Å². The van der Waals surface area contributed by atoms with Gasteiger partial charge in [-0.05, 0) is 19.1 Å². The van der Waals surface area contributed by atoms with E-state index in [1.165, 1.54) is 22.3 Å². The van der Waals surface area contributed by atoms with Crippen molar-refractivity contribution in [2.45, 2.75) is 17.8 Å². The van der Waals surface area contributed by atoms with Crippen LogP contribution in [0.15, 0.2) is 26.5 Å². The molecule has 2 N–H and O–H groups in total. The van der Waals surface area contributed by atoms with Gasteiger partial charge in [0.25, 0.3) is 11.3 Å². The summed E-state index contributed by atoms with van der Waals surface area (Å²) in [6.45, 7) is 1.58. The number of hydrogen-bond donors (Lipinski definition) is 2. The summed E-state index contributed by atoms with van der Waals surface area (Å²) in [5.74, 6) is -0.119. The zero-order chi connectivity index (χ0) is 15.0. The smallest absolute Gasteiger partial charge is 0.371 e. The molecule has 0 aliphatic heterocycles. The Morgan fingerprint density at radius 1 is 1.48 bits per heavy atom. The lowest BCUT2D eigenvalue weighted by Crippen LogP contribution is -2.15. The Morgan fingerprint density at radius 3 is 3.00 bits per heavy atom. The molecule has 108 valence electrons. The molecule has 0 spiro atoms. The summed E-state index contributed by atoms with van der Waals surface area (Å²) in [5, 5.41) is 21.1. The molecule has 3 rings (SSSR count).